The molecule has 0 saturated carbocycles. The molecule has 0 saturated heterocycles. The maximum atomic E-state index is 6.52. The van der Waals surface area contributed by atoms with Crippen LogP contribution in [0.15, 0.2) is 90.4 Å². The number of nitrogens with one attached hydrogen (secondary N) is 3. The number of hydrogen-bond donors (Lipinski definition) is 3. The third kappa shape index (κ3) is 5.28. The summed E-state index contributed by atoms with van der Waals surface area (Å²) >= 11 is 6.52. The average Bonchev–Trinajstić information content (AvgIpc) is 2.84. The summed E-state index contributed by atoms with van der Waals surface area (Å²) in [6.45, 7) is 7.41. The molecule has 0 spiro atoms. The molecular formula is C27H30ClN5. The Morgan fingerprint density at radius 3 is 2.48 bits per heavy atom. The Kier molecular flexibility index (Phi) is 7.45. The smallest absolute Gasteiger partial charge is 0.143 e. The SMILES string of the molecule is C=C(NC1=NC(c2ccccc2Cl)N(C)NC1c1ccccc1)c1ccccc1NCCC. The molecule has 2 atom stereocenters. The summed E-state index contributed by atoms with van der Waals surface area (Å²) < 4.78 is 0. The summed E-state index contributed by atoms with van der Waals surface area (Å²) in [5, 5.41) is 9.70. The van der Waals surface area contributed by atoms with Crippen LogP contribution in [-0.2, 0) is 0 Å². The molecule has 0 bridgehead atoms. The largest absolute Gasteiger partial charge is 0.385 e. The van der Waals surface area contributed by atoms with Gasteiger partial charge in [-0.15, -0.1) is 0 Å². The van der Waals surface area contributed by atoms with E-state index in [-0.39, 0.29) is 12.2 Å². The van der Waals surface area contributed by atoms with Crippen LogP contribution in [0.5, 0.6) is 0 Å². The van der Waals surface area contributed by atoms with E-state index in [1.165, 1.54) is 0 Å². The summed E-state index contributed by atoms with van der Waals surface area (Å²) in [6, 6.07) is 26.1. The first-order valence-corrected chi connectivity index (χ1v) is 11.6. The minimum Gasteiger partial charge on any atom is -0.385 e. The fourth-order valence-electron chi connectivity index (χ4n) is 3.96. The van der Waals surface area contributed by atoms with Crippen molar-refractivity contribution in [2.45, 2.75) is 25.6 Å². The van der Waals surface area contributed by atoms with Gasteiger partial charge in [0.25, 0.3) is 0 Å². The van der Waals surface area contributed by atoms with E-state index in [9.17, 15) is 0 Å². The topological polar surface area (TPSA) is 51.7 Å². The van der Waals surface area contributed by atoms with Gasteiger partial charge in [-0.2, -0.15) is 0 Å². The number of nitrogens with zero attached hydrogens (tertiary/aromatic N) is 2. The first-order valence-electron chi connectivity index (χ1n) is 11.2. The molecule has 0 aliphatic carbocycles. The van der Waals surface area contributed by atoms with Gasteiger partial charge in [0.15, 0.2) is 0 Å². The quantitative estimate of drug-likeness (QED) is 0.405. The van der Waals surface area contributed by atoms with E-state index in [1.807, 2.05) is 66.7 Å². The van der Waals surface area contributed by atoms with Gasteiger partial charge in [-0.3, -0.25) is 0 Å². The second-order valence-corrected chi connectivity index (χ2v) is 8.48. The van der Waals surface area contributed by atoms with Crippen LogP contribution in [0.4, 0.5) is 5.69 Å². The number of para-hydroxylation sites is 1. The zero-order valence-corrected chi connectivity index (χ0v) is 19.8. The van der Waals surface area contributed by atoms with Crippen molar-refractivity contribution >= 4 is 28.8 Å². The van der Waals surface area contributed by atoms with Crippen LogP contribution in [0.3, 0.4) is 0 Å². The van der Waals surface area contributed by atoms with Gasteiger partial charge in [0, 0.05) is 41.1 Å². The molecule has 3 N–H and O–H groups in total. The van der Waals surface area contributed by atoms with Gasteiger partial charge >= 0.3 is 0 Å². The molecule has 5 nitrogen and oxygen atoms in total. The Hall–Kier alpha value is -3.12. The molecule has 1 aliphatic rings. The summed E-state index contributed by atoms with van der Waals surface area (Å²) in [5.41, 5.74) is 8.50. The summed E-state index contributed by atoms with van der Waals surface area (Å²) in [4.78, 5) is 5.11. The Morgan fingerprint density at radius 1 is 1.03 bits per heavy atom. The molecular weight excluding hydrogens is 430 g/mol. The number of halogens is 1. The van der Waals surface area contributed by atoms with Crippen molar-refractivity contribution in [3.8, 4) is 0 Å². The molecule has 170 valence electrons. The molecule has 4 rings (SSSR count). The van der Waals surface area contributed by atoms with E-state index in [2.05, 4.69) is 53.8 Å². The zero-order valence-electron chi connectivity index (χ0n) is 19.1. The van der Waals surface area contributed by atoms with Crippen LogP contribution in [0.2, 0.25) is 5.02 Å². The van der Waals surface area contributed by atoms with Crippen molar-refractivity contribution in [3.63, 3.8) is 0 Å². The molecule has 6 heteroatoms. The summed E-state index contributed by atoms with van der Waals surface area (Å²) in [6.07, 6.45) is 0.773. The third-order valence-electron chi connectivity index (χ3n) is 5.65. The van der Waals surface area contributed by atoms with E-state index >= 15 is 0 Å². The monoisotopic (exact) mass is 459 g/mol. The second kappa shape index (κ2) is 10.7. The molecule has 3 aromatic carbocycles. The van der Waals surface area contributed by atoms with Crippen molar-refractivity contribution in [2.75, 3.05) is 18.9 Å². The number of amidine groups is 1. The van der Waals surface area contributed by atoms with Gasteiger partial charge in [0.1, 0.15) is 18.0 Å². The molecule has 33 heavy (non-hydrogen) atoms. The van der Waals surface area contributed by atoms with Crippen LogP contribution in [0.1, 0.15) is 42.2 Å². The Balaban J connectivity index is 1.70. The molecule has 0 radical (unpaired) electrons. The highest BCUT2D eigenvalue weighted by Crippen LogP contribution is 2.32. The maximum absolute atomic E-state index is 6.52. The number of hydrogen-bond acceptors (Lipinski definition) is 5. The van der Waals surface area contributed by atoms with Gasteiger partial charge in [-0.25, -0.2) is 15.4 Å². The van der Waals surface area contributed by atoms with Gasteiger partial charge < -0.3 is 10.6 Å². The van der Waals surface area contributed by atoms with Gasteiger partial charge in [0.2, 0.25) is 0 Å². The minimum atomic E-state index is -0.276. The van der Waals surface area contributed by atoms with E-state index in [4.69, 9.17) is 16.6 Å². The highest BCUT2D eigenvalue weighted by Gasteiger charge is 2.31. The van der Waals surface area contributed by atoms with Gasteiger partial charge in [-0.05, 0) is 24.1 Å². The standard InChI is InChI=1S/C27H30ClN5/c1-4-18-29-24-17-11-9-14-21(24)19(2)30-26-25(20-12-6-5-7-13-20)32-33(3)27(31-26)22-15-8-10-16-23(22)28/h5-17,25,27,29,32H,2,4,18H2,1,3H3,(H,30,31). The van der Waals surface area contributed by atoms with E-state index in [1.54, 1.807) is 0 Å². The predicted octanol–water partition coefficient (Wildman–Crippen LogP) is 6.01. The summed E-state index contributed by atoms with van der Waals surface area (Å²) in [5.74, 6) is 0.791. The Labute approximate surface area is 201 Å². The fraction of sp³-hybridized carbons (Fsp3) is 0.222. The molecule has 0 amide bonds. The number of hydrazine groups is 1. The second-order valence-electron chi connectivity index (χ2n) is 8.07. The van der Waals surface area contributed by atoms with Gasteiger partial charge in [0.05, 0.1) is 0 Å². The molecule has 1 heterocycles. The van der Waals surface area contributed by atoms with Crippen molar-refractivity contribution in [3.05, 3.63) is 107 Å². The maximum Gasteiger partial charge on any atom is 0.143 e. The number of anilines is 1. The summed E-state index contributed by atoms with van der Waals surface area (Å²) in [7, 11) is 1.99. The third-order valence-corrected chi connectivity index (χ3v) is 5.99. The molecule has 0 aromatic heterocycles. The lowest BCUT2D eigenvalue weighted by Crippen LogP contribution is -2.50. The number of benzene rings is 3. The van der Waals surface area contributed by atoms with Crippen LogP contribution in [0.25, 0.3) is 5.70 Å². The first kappa shape index (κ1) is 23.1. The Morgan fingerprint density at radius 2 is 1.73 bits per heavy atom. The lowest BCUT2D eigenvalue weighted by molar-refractivity contribution is 0.142. The van der Waals surface area contributed by atoms with Crippen LogP contribution < -0.4 is 16.1 Å². The number of rotatable bonds is 7. The highest BCUT2D eigenvalue weighted by atomic mass is 35.5. The Bertz CT molecular complexity index is 1130. The molecule has 3 aromatic rings. The van der Waals surface area contributed by atoms with Crippen LogP contribution in [-0.4, -0.2) is 24.4 Å². The lowest BCUT2D eigenvalue weighted by Gasteiger charge is -2.37. The molecule has 2 unspecified atom stereocenters. The van der Waals surface area contributed by atoms with Crippen molar-refractivity contribution in [2.24, 2.45) is 4.99 Å². The van der Waals surface area contributed by atoms with E-state index < -0.39 is 0 Å². The van der Waals surface area contributed by atoms with Crippen LogP contribution >= 0.6 is 11.6 Å². The van der Waals surface area contributed by atoms with Crippen molar-refractivity contribution in [1.29, 1.82) is 0 Å². The van der Waals surface area contributed by atoms with Crippen molar-refractivity contribution < 1.29 is 0 Å². The average molecular weight is 460 g/mol. The highest BCUT2D eigenvalue weighted by molar-refractivity contribution is 6.31. The number of aliphatic imine (C=N–C) groups is 1. The molecule has 0 fully saturated rings. The zero-order chi connectivity index (χ0) is 23.2. The van der Waals surface area contributed by atoms with Crippen molar-refractivity contribution in [1.82, 2.24) is 15.8 Å². The van der Waals surface area contributed by atoms with E-state index in [0.717, 1.165) is 46.9 Å². The normalized spacial score (nSPS) is 18.5. The minimum absolute atomic E-state index is 0.151. The van der Waals surface area contributed by atoms with Crippen LogP contribution in [0, 0.1) is 0 Å². The lowest BCUT2D eigenvalue weighted by atomic mass is 10.0. The first-order chi connectivity index (χ1) is 16.1. The van der Waals surface area contributed by atoms with E-state index in [0.29, 0.717) is 5.02 Å². The molecule has 1 aliphatic heterocycles. The fourth-order valence-corrected chi connectivity index (χ4v) is 4.19. The predicted molar refractivity (Wildman–Crippen MR) is 139 cm³/mol. The van der Waals surface area contributed by atoms with Gasteiger partial charge in [-0.1, -0.05) is 91.8 Å².